The molecule has 0 bridgehead atoms. The zero-order valence-corrected chi connectivity index (χ0v) is 9.96. The Balaban J connectivity index is 1.98. The molecule has 1 aliphatic carbocycles. The maximum Gasteiger partial charge on any atom is 0.293 e. The smallest absolute Gasteiger partial charge is 0.293 e. The molecule has 1 aromatic heterocycles. The fraction of sp³-hybridized carbons (Fsp3) is 0.800. The van der Waals surface area contributed by atoms with Gasteiger partial charge in [-0.3, -0.25) is 0 Å². The second-order valence-corrected chi connectivity index (χ2v) is 5.04. The maximum absolute atomic E-state index is 5.92. The fourth-order valence-corrected chi connectivity index (χ4v) is 2.46. The van der Waals surface area contributed by atoms with Gasteiger partial charge in [0.25, 0.3) is 5.19 Å². The lowest BCUT2D eigenvalue weighted by Gasteiger charge is -2.14. The molecule has 1 heterocycles. The van der Waals surface area contributed by atoms with Crippen LogP contribution in [-0.4, -0.2) is 21.5 Å². The molecular formula is C10H17N3OS. The van der Waals surface area contributed by atoms with Gasteiger partial charge in [0.1, 0.15) is 11.9 Å². The molecule has 2 atom stereocenters. The summed E-state index contributed by atoms with van der Waals surface area (Å²) in [4.78, 5) is 4.34. The molecule has 0 amide bonds. The predicted molar refractivity (Wildman–Crippen MR) is 60.2 cm³/mol. The first-order valence-electron chi connectivity index (χ1n) is 5.42. The van der Waals surface area contributed by atoms with E-state index in [9.17, 15) is 0 Å². The molecule has 1 fully saturated rings. The Hall–Kier alpha value is -0.680. The van der Waals surface area contributed by atoms with Crippen LogP contribution in [-0.2, 0) is 0 Å². The first kappa shape index (κ1) is 10.8. The van der Waals surface area contributed by atoms with E-state index in [2.05, 4.69) is 23.2 Å². The Morgan fingerprint density at radius 2 is 2.27 bits per heavy atom. The molecule has 0 saturated heterocycles. The molecule has 1 saturated carbocycles. The van der Waals surface area contributed by atoms with Crippen molar-refractivity contribution in [3.05, 3.63) is 5.82 Å². The zero-order valence-electron chi connectivity index (χ0n) is 9.14. The van der Waals surface area contributed by atoms with Crippen LogP contribution in [0.25, 0.3) is 0 Å². The van der Waals surface area contributed by atoms with Crippen molar-refractivity contribution >= 4 is 11.5 Å². The molecule has 1 aliphatic rings. The number of aromatic nitrogens is 2. The van der Waals surface area contributed by atoms with E-state index < -0.39 is 0 Å². The largest absolute Gasteiger partial charge is 0.464 e. The van der Waals surface area contributed by atoms with Crippen LogP contribution >= 0.6 is 11.5 Å². The average Bonchev–Trinajstić information content (AvgIpc) is 2.77. The van der Waals surface area contributed by atoms with Crippen molar-refractivity contribution in [2.75, 3.05) is 0 Å². The molecule has 0 aliphatic heterocycles. The summed E-state index contributed by atoms with van der Waals surface area (Å²) in [5.74, 6) is 1.22. The summed E-state index contributed by atoms with van der Waals surface area (Å²) in [7, 11) is 0. The second-order valence-electron chi connectivity index (χ2n) is 4.32. The molecule has 15 heavy (non-hydrogen) atoms. The van der Waals surface area contributed by atoms with E-state index in [4.69, 9.17) is 10.5 Å². The van der Waals surface area contributed by atoms with Crippen LogP contribution in [0, 0.1) is 0 Å². The summed E-state index contributed by atoms with van der Waals surface area (Å²) in [6.45, 7) is 4.15. The third kappa shape index (κ3) is 2.46. The summed E-state index contributed by atoms with van der Waals surface area (Å²) in [6.07, 6.45) is 3.39. The van der Waals surface area contributed by atoms with Gasteiger partial charge in [-0.25, -0.2) is 0 Å². The molecule has 1 aromatic rings. The fourth-order valence-electron chi connectivity index (χ4n) is 1.73. The van der Waals surface area contributed by atoms with E-state index in [0.29, 0.717) is 11.1 Å². The highest BCUT2D eigenvalue weighted by atomic mass is 32.1. The first-order chi connectivity index (χ1) is 7.16. The topological polar surface area (TPSA) is 61.0 Å². The van der Waals surface area contributed by atoms with Crippen LogP contribution in [0.3, 0.4) is 0 Å². The lowest BCUT2D eigenvalue weighted by molar-refractivity contribution is 0.190. The second kappa shape index (κ2) is 4.45. The Kier molecular flexibility index (Phi) is 3.21. The Bertz CT molecular complexity index is 326. The van der Waals surface area contributed by atoms with E-state index in [1.165, 1.54) is 11.5 Å². The molecular weight excluding hydrogens is 210 g/mol. The molecule has 0 spiro atoms. The van der Waals surface area contributed by atoms with Crippen molar-refractivity contribution in [1.82, 2.24) is 9.36 Å². The van der Waals surface area contributed by atoms with Crippen molar-refractivity contribution in [3.8, 4) is 5.19 Å². The third-order valence-electron chi connectivity index (χ3n) is 2.70. The third-order valence-corrected chi connectivity index (χ3v) is 3.32. The standard InChI is InChI=1S/C10H17N3OS/c1-6(2)9-12-10(15-13-9)14-8-5-3-4-7(8)11/h6-8H,3-5,11H2,1-2H3. The number of hydrogen-bond donors (Lipinski definition) is 1. The minimum absolute atomic E-state index is 0.137. The van der Waals surface area contributed by atoms with Crippen molar-refractivity contribution in [2.45, 2.75) is 51.2 Å². The summed E-state index contributed by atoms with van der Waals surface area (Å²) in [6, 6.07) is 0.163. The highest BCUT2D eigenvalue weighted by Crippen LogP contribution is 2.26. The summed E-state index contributed by atoms with van der Waals surface area (Å²) < 4.78 is 9.99. The van der Waals surface area contributed by atoms with Gasteiger partial charge >= 0.3 is 0 Å². The van der Waals surface area contributed by atoms with Crippen LogP contribution in [0.15, 0.2) is 0 Å². The van der Waals surface area contributed by atoms with E-state index >= 15 is 0 Å². The number of nitrogens with zero attached hydrogens (tertiary/aromatic N) is 2. The van der Waals surface area contributed by atoms with Crippen LogP contribution in [0.5, 0.6) is 5.19 Å². The van der Waals surface area contributed by atoms with Crippen molar-refractivity contribution in [1.29, 1.82) is 0 Å². The molecule has 84 valence electrons. The quantitative estimate of drug-likeness (QED) is 0.857. The summed E-state index contributed by atoms with van der Waals surface area (Å²) in [5, 5.41) is 0.668. The molecule has 2 unspecified atom stereocenters. The van der Waals surface area contributed by atoms with Gasteiger partial charge in [0.2, 0.25) is 0 Å². The molecule has 0 radical (unpaired) electrons. The van der Waals surface area contributed by atoms with Crippen LogP contribution in [0.2, 0.25) is 0 Å². The number of rotatable bonds is 3. The molecule has 0 aromatic carbocycles. The highest BCUT2D eigenvalue weighted by molar-refractivity contribution is 7.07. The Morgan fingerprint density at radius 1 is 1.47 bits per heavy atom. The Morgan fingerprint density at radius 3 is 2.80 bits per heavy atom. The predicted octanol–water partition coefficient (Wildman–Crippen LogP) is 1.92. The van der Waals surface area contributed by atoms with E-state index in [-0.39, 0.29) is 12.1 Å². The monoisotopic (exact) mass is 227 g/mol. The van der Waals surface area contributed by atoms with E-state index in [1.807, 2.05) is 0 Å². The van der Waals surface area contributed by atoms with Crippen LogP contribution in [0.4, 0.5) is 0 Å². The maximum atomic E-state index is 5.92. The van der Waals surface area contributed by atoms with Crippen molar-refractivity contribution in [3.63, 3.8) is 0 Å². The SMILES string of the molecule is CC(C)c1nsc(OC2CCCC2N)n1. The molecule has 2 N–H and O–H groups in total. The number of hydrogen-bond acceptors (Lipinski definition) is 5. The zero-order chi connectivity index (χ0) is 10.8. The number of nitrogens with two attached hydrogens (primary N) is 1. The normalized spacial score (nSPS) is 26.1. The summed E-state index contributed by atoms with van der Waals surface area (Å²) >= 11 is 1.33. The van der Waals surface area contributed by atoms with Gasteiger partial charge in [0, 0.05) is 23.5 Å². The van der Waals surface area contributed by atoms with Crippen LogP contribution < -0.4 is 10.5 Å². The Labute approximate surface area is 94.0 Å². The van der Waals surface area contributed by atoms with Gasteiger partial charge in [-0.2, -0.15) is 9.36 Å². The van der Waals surface area contributed by atoms with Crippen molar-refractivity contribution < 1.29 is 4.74 Å². The van der Waals surface area contributed by atoms with Gasteiger partial charge < -0.3 is 10.5 Å². The lowest BCUT2D eigenvalue weighted by atomic mass is 10.2. The van der Waals surface area contributed by atoms with E-state index in [0.717, 1.165) is 25.1 Å². The minimum Gasteiger partial charge on any atom is -0.464 e. The average molecular weight is 227 g/mol. The molecule has 5 heteroatoms. The van der Waals surface area contributed by atoms with Gasteiger partial charge in [0.05, 0.1) is 0 Å². The summed E-state index contributed by atoms with van der Waals surface area (Å²) in [5.41, 5.74) is 5.92. The molecule has 4 nitrogen and oxygen atoms in total. The van der Waals surface area contributed by atoms with Crippen molar-refractivity contribution in [2.24, 2.45) is 5.73 Å². The van der Waals surface area contributed by atoms with Gasteiger partial charge in [-0.1, -0.05) is 13.8 Å². The van der Waals surface area contributed by atoms with E-state index in [1.54, 1.807) is 0 Å². The number of ether oxygens (including phenoxy) is 1. The molecule has 2 rings (SSSR count). The van der Waals surface area contributed by atoms with Gasteiger partial charge in [0.15, 0.2) is 0 Å². The minimum atomic E-state index is 0.137. The first-order valence-corrected chi connectivity index (χ1v) is 6.20. The lowest BCUT2D eigenvalue weighted by Crippen LogP contribution is -2.33. The van der Waals surface area contributed by atoms with Gasteiger partial charge in [-0.05, 0) is 19.3 Å². The van der Waals surface area contributed by atoms with Gasteiger partial charge in [-0.15, -0.1) is 0 Å². The van der Waals surface area contributed by atoms with Crippen LogP contribution in [0.1, 0.15) is 44.9 Å². The highest BCUT2D eigenvalue weighted by Gasteiger charge is 2.26.